The molecule has 0 aliphatic heterocycles. The summed E-state index contributed by atoms with van der Waals surface area (Å²) in [6.45, 7) is -0.188. The molecule has 37 heavy (non-hydrogen) atoms. The summed E-state index contributed by atoms with van der Waals surface area (Å²) in [5, 5.41) is 12.6. The number of rotatable bonds is 8. The lowest BCUT2D eigenvalue weighted by Gasteiger charge is -2.14. The molecule has 0 saturated carbocycles. The number of aryl methyl sites for hydroxylation is 1. The Bertz CT molecular complexity index is 1440. The van der Waals surface area contributed by atoms with Gasteiger partial charge < -0.3 is 43.5 Å². The molecule has 0 unspecified atom stereocenters. The summed E-state index contributed by atoms with van der Waals surface area (Å²) in [5.74, 6) is 0.763. The summed E-state index contributed by atoms with van der Waals surface area (Å²) >= 11 is 0. The number of nitrogens with one attached hydrogen (secondary N) is 1. The van der Waals surface area contributed by atoms with E-state index >= 15 is 0 Å². The van der Waals surface area contributed by atoms with Crippen LogP contribution in [0.25, 0.3) is 22.4 Å². The van der Waals surface area contributed by atoms with E-state index in [1.807, 2.05) is 60.4 Å². The third kappa shape index (κ3) is 6.54. The van der Waals surface area contributed by atoms with Crippen molar-refractivity contribution in [1.29, 1.82) is 5.26 Å². The Morgan fingerprint density at radius 3 is 2.46 bits per heavy atom. The van der Waals surface area contributed by atoms with Crippen molar-refractivity contribution in [2.24, 2.45) is 7.05 Å². The normalized spacial score (nSPS) is 10.0. The van der Waals surface area contributed by atoms with Crippen LogP contribution in [-0.2, 0) is 11.8 Å². The Labute approximate surface area is 232 Å². The predicted molar refractivity (Wildman–Crippen MR) is 135 cm³/mol. The van der Waals surface area contributed by atoms with Crippen LogP contribution >= 0.6 is 0 Å². The van der Waals surface area contributed by atoms with Gasteiger partial charge in [-0.1, -0.05) is 24.3 Å². The Hall–Kier alpha value is -4.17. The molecule has 9 heteroatoms. The van der Waals surface area contributed by atoms with Crippen LogP contribution in [-0.4, -0.2) is 31.7 Å². The van der Waals surface area contributed by atoms with E-state index in [4.69, 9.17) is 14.2 Å². The number of nitrogens with zero attached hydrogens (tertiary/aromatic N) is 3. The van der Waals surface area contributed by atoms with E-state index in [9.17, 15) is 10.1 Å². The summed E-state index contributed by atoms with van der Waals surface area (Å²) in [6.07, 6.45) is 3.87. The summed E-state index contributed by atoms with van der Waals surface area (Å²) in [7, 11) is 4.93. The molecule has 0 aliphatic rings. The zero-order chi connectivity index (χ0) is 25.5. The van der Waals surface area contributed by atoms with Crippen molar-refractivity contribution in [3.63, 3.8) is 0 Å². The lowest BCUT2D eigenvalue weighted by atomic mass is 9.98. The first kappa shape index (κ1) is 27.4. The zero-order valence-corrected chi connectivity index (χ0v) is 22.7. The van der Waals surface area contributed by atoms with Crippen LogP contribution in [0.2, 0.25) is 0 Å². The smallest absolute Gasteiger partial charge is 0.262 e. The molecule has 188 valence electrons. The highest BCUT2D eigenvalue weighted by Crippen LogP contribution is 2.37. The van der Waals surface area contributed by atoms with Crippen LogP contribution in [0, 0.1) is 11.3 Å². The van der Waals surface area contributed by atoms with Gasteiger partial charge in [0.15, 0.2) is 30.5 Å². The lowest BCUT2D eigenvalue weighted by Crippen LogP contribution is -3.00. The largest absolute Gasteiger partial charge is 1.00 e. The molecule has 1 N–H and O–H groups in total. The van der Waals surface area contributed by atoms with Crippen LogP contribution in [0.3, 0.4) is 0 Å². The van der Waals surface area contributed by atoms with Crippen molar-refractivity contribution in [2.75, 3.05) is 26.1 Å². The molecule has 8 nitrogen and oxygen atoms in total. The van der Waals surface area contributed by atoms with Gasteiger partial charge in [-0.3, -0.25) is 4.79 Å². The molecule has 1 amide bonds. The molecule has 4 aromatic rings. The Balaban J connectivity index is 0.00000380. The molecular weight excluding hydrogens is 583 g/mol. The molecule has 2 heterocycles. The number of methoxy groups -OCH3 is 2. The maximum Gasteiger partial charge on any atom is 0.262 e. The molecule has 0 atom stereocenters. The van der Waals surface area contributed by atoms with E-state index in [0.717, 1.165) is 5.56 Å². The molecule has 2 aromatic heterocycles. The van der Waals surface area contributed by atoms with Gasteiger partial charge in [0.1, 0.15) is 18.7 Å². The predicted octanol–water partition coefficient (Wildman–Crippen LogP) is 1.15. The van der Waals surface area contributed by atoms with Gasteiger partial charge >= 0.3 is 0 Å². The van der Waals surface area contributed by atoms with Gasteiger partial charge in [0.2, 0.25) is 5.88 Å². The number of benzene rings is 2. The fourth-order valence-electron chi connectivity index (χ4n) is 3.71. The number of anilines is 1. The van der Waals surface area contributed by atoms with Crippen molar-refractivity contribution in [3.05, 3.63) is 84.7 Å². The van der Waals surface area contributed by atoms with E-state index in [-0.39, 0.29) is 42.4 Å². The number of amides is 1. The Morgan fingerprint density at radius 1 is 1.00 bits per heavy atom. The van der Waals surface area contributed by atoms with Gasteiger partial charge in [0.05, 0.1) is 25.5 Å². The highest BCUT2D eigenvalue weighted by molar-refractivity contribution is 5.91. The van der Waals surface area contributed by atoms with Crippen molar-refractivity contribution in [3.8, 4) is 45.8 Å². The van der Waals surface area contributed by atoms with Crippen LogP contribution in [0.5, 0.6) is 17.4 Å². The van der Waals surface area contributed by atoms with Crippen LogP contribution in [0.4, 0.5) is 5.69 Å². The van der Waals surface area contributed by atoms with Gasteiger partial charge in [-0.2, -0.15) is 5.26 Å². The molecular formula is C28H25IN4O4. The molecule has 0 radical (unpaired) electrons. The van der Waals surface area contributed by atoms with Crippen molar-refractivity contribution in [1.82, 2.24) is 4.98 Å². The van der Waals surface area contributed by atoms with Crippen molar-refractivity contribution in [2.45, 2.75) is 0 Å². The standard InChI is InChI=1S/C28H24N4O4.HI/c1-32-13-7-8-20(17-32)24-15-22(23(16-29)28(31-24)35-3)19-11-12-25(26(14-19)34-2)36-18-27(33)30-21-9-5-4-6-10-21;/h4-15,17H,18H2,1-3H3;1H. The third-order valence-electron chi connectivity index (χ3n) is 5.42. The first-order valence-electron chi connectivity index (χ1n) is 11.1. The Kier molecular flexibility index (Phi) is 9.40. The van der Waals surface area contributed by atoms with Crippen LogP contribution < -0.4 is 48.1 Å². The first-order valence-corrected chi connectivity index (χ1v) is 11.1. The Morgan fingerprint density at radius 2 is 1.78 bits per heavy atom. The van der Waals surface area contributed by atoms with Crippen molar-refractivity contribution >= 4 is 11.6 Å². The third-order valence-corrected chi connectivity index (χ3v) is 5.42. The van der Waals surface area contributed by atoms with E-state index < -0.39 is 0 Å². The topological polar surface area (TPSA) is 97.3 Å². The highest BCUT2D eigenvalue weighted by atomic mass is 127. The molecule has 2 aromatic carbocycles. The second kappa shape index (κ2) is 12.7. The number of halogens is 1. The van der Waals surface area contributed by atoms with Gasteiger partial charge in [-0.25, -0.2) is 9.55 Å². The maximum atomic E-state index is 12.3. The van der Waals surface area contributed by atoms with Gasteiger partial charge in [0.25, 0.3) is 5.91 Å². The molecule has 0 fully saturated rings. The monoisotopic (exact) mass is 608 g/mol. The van der Waals surface area contributed by atoms with Crippen LogP contribution in [0.15, 0.2) is 79.1 Å². The molecule has 0 aliphatic carbocycles. The number of para-hydroxylation sites is 1. The fraction of sp³-hybridized carbons (Fsp3) is 0.143. The number of carbonyl (C=O) groups is 1. The summed E-state index contributed by atoms with van der Waals surface area (Å²) in [4.78, 5) is 16.8. The summed E-state index contributed by atoms with van der Waals surface area (Å²) in [5.41, 5.74) is 3.88. The van der Waals surface area contributed by atoms with E-state index in [2.05, 4.69) is 16.4 Å². The minimum atomic E-state index is -0.293. The molecule has 0 saturated heterocycles. The van der Waals surface area contributed by atoms with E-state index in [0.29, 0.717) is 39.6 Å². The van der Waals surface area contributed by atoms with Crippen molar-refractivity contribution < 1.29 is 47.5 Å². The lowest BCUT2D eigenvalue weighted by molar-refractivity contribution is -0.671. The summed E-state index contributed by atoms with van der Waals surface area (Å²) in [6, 6.07) is 22.3. The van der Waals surface area contributed by atoms with Gasteiger partial charge in [-0.15, -0.1) is 0 Å². The van der Waals surface area contributed by atoms with Gasteiger partial charge in [-0.05, 0) is 42.0 Å². The average molecular weight is 608 g/mol. The minimum Gasteiger partial charge on any atom is -1.00 e. The van der Waals surface area contributed by atoms with Gasteiger partial charge in [0, 0.05) is 17.3 Å². The number of aromatic nitrogens is 2. The second-order valence-corrected chi connectivity index (χ2v) is 7.88. The number of pyridine rings is 2. The molecule has 4 rings (SSSR count). The van der Waals surface area contributed by atoms with E-state index in [1.165, 1.54) is 14.2 Å². The highest BCUT2D eigenvalue weighted by Gasteiger charge is 2.19. The minimum absolute atomic E-state index is 0. The maximum absolute atomic E-state index is 12.3. The second-order valence-electron chi connectivity index (χ2n) is 7.88. The average Bonchev–Trinajstić information content (AvgIpc) is 2.91. The quantitative estimate of drug-likeness (QED) is 0.238. The van der Waals surface area contributed by atoms with E-state index in [1.54, 1.807) is 30.3 Å². The molecule has 0 spiro atoms. The fourth-order valence-corrected chi connectivity index (χ4v) is 3.71. The number of hydrogen-bond acceptors (Lipinski definition) is 6. The number of carbonyl (C=O) groups excluding carboxylic acids is 1. The first-order chi connectivity index (χ1) is 17.5. The number of nitriles is 1. The number of ether oxygens (including phenoxy) is 3. The zero-order valence-electron chi connectivity index (χ0n) is 20.6. The SMILES string of the molecule is COc1cc(-c2cc(-c3ccc[n+](C)c3)nc(OC)c2C#N)ccc1OCC(=O)Nc1ccccc1.[I-]. The molecule has 0 bridgehead atoms. The summed E-state index contributed by atoms with van der Waals surface area (Å²) < 4.78 is 18.6. The van der Waals surface area contributed by atoms with Crippen LogP contribution in [0.1, 0.15) is 5.56 Å². The number of hydrogen-bond donors (Lipinski definition) is 1.